The summed E-state index contributed by atoms with van der Waals surface area (Å²) < 4.78 is 24.3. The topological polar surface area (TPSA) is 109 Å². The Morgan fingerprint density at radius 1 is 1.10 bits per heavy atom. The Morgan fingerprint density at radius 2 is 1.88 bits per heavy atom. The summed E-state index contributed by atoms with van der Waals surface area (Å²) in [5, 5.41) is 0. The van der Waals surface area contributed by atoms with Gasteiger partial charge in [-0.3, -0.25) is 14.2 Å². The molecule has 4 heterocycles. The molecule has 202 valence electrons. The van der Waals surface area contributed by atoms with Crippen LogP contribution in [0.2, 0.25) is 0 Å². The predicted octanol–water partition coefficient (Wildman–Crippen LogP) is 3.99. The van der Waals surface area contributed by atoms with E-state index >= 15 is 0 Å². The van der Waals surface area contributed by atoms with Gasteiger partial charge in [0.25, 0.3) is 5.56 Å². The van der Waals surface area contributed by atoms with Crippen molar-refractivity contribution < 1.29 is 28.2 Å². The Morgan fingerprint density at radius 3 is 2.62 bits per heavy atom. The minimum Gasteiger partial charge on any atom is -0.463 e. The second-order valence-corrected chi connectivity index (χ2v) is 10.3. The molecular formula is C30H24N2O7S. The first-order chi connectivity index (χ1) is 19.3. The van der Waals surface area contributed by atoms with Gasteiger partial charge in [0.2, 0.25) is 6.79 Å². The normalized spacial score (nSPS) is 16.1. The second-order valence-electron chi connectivity index (χ2n) is 9.25. The second kappa shape index (κ2) is 10.1. The van der Waals surface area contributed by atoms with E-state index in [-0.39, 0.29) is 30.3 Å². The van der Waals surface area contributed by atoms with Crippen LogP contribution in [0.4, 0.5) is 0 Å². The van der Waals surface area contributed by atoms with Crippen molar-refractivity contribution in [2.75, 3.05) is 13.4 Å². The van der Waals surface area contributed by atoms with Crippen LogP contribution in [0.5, 0.6) is 11.5 Å². The monoisotopic (exact) mass is 556 g/mol. The maximum Gasteiger partial charge on any atom is 0.338 e. The molecule has 40 heavy (non-hydrogen) atoms. The van der Waals surface area contributed by atoms with Crippen LogP contribution >= 0.6 is 11.3 Å². The van der Waals surface area contributed by atoms with E-state index in [0.717, 1.165) is 5.56 Å². The number of aromatic nitrogens is 1. The lowest BCUT2D eigenvalue weighted by molar-refractivity contribution is -0.139. The van der Waals surface area contributed by atoms with Gasteiger partial charge in [-0.2, -0.15) is 0 Å². The molecule has 2 aliphatic heterocycles. The number of furan rings is 1. The zero-order valence-corrected chi connectivity index (χ0v) is 22.7. The minimum absolute atomic E-state index is 0.0116. The lowest BCUT2D eigenvalue weighted by Gasteiger charge is -2.24. The van der Waals surface area contributed by atoms with Crippen molar-refractivity contribution in [1.82, 2.24) is 4.57 Å². The molecule has 1 atom stereocenters. The number of benzene rings is 2. The molecule has 0 unspecified atom stereocenters. The molecule has 0 saturated carbocycles. The minimum atomic E-state index is -0.765. The molecule has 10 heteroatoms. The fraction of sp³-hybridized carbons (Fsp3) is 0.200. The van der Waals surface area contributed by atoms with E-state index in [9.17, 15) is 14.4 Å². The van der Waals surface area contributed by atoms with Gasteiger partial charge in [-0.25, -0.2) is 9.79 Å². The van der Waals surface area contributed by atoms with Gasteiger partial charge < -0.3 is 18.6 Å². The van der Waals surface area contributed by atoms with Gasteiger partial charge in [-0.05, 0) is 50.6 Å². The molecule has 2 aromatic heterocycles. The molecule has 0 radical (unpaired) electrons. The number of hydrogen-bond acceptors (Lipinski definition) is 9. The highest BCUT2D eigenvalue weighted by Crippen LogP contribution is 2.38. The Hall–Kier alpha value is -4.70. The Labute approximate surface area is 232 Å². The first-order valence-corrected chi connectivity index (χ1v) is 13.5. The van der Waals surface area contributed by atoms with Crippen LogP contribution in [0.25, 0.3) is 17.4 Å². The maximum absolute atomic E-state index is 13.8. The number of nitrogens with zero attached hydrogens (tertiary/aromatic N) is 2. The molecule has 0 amide bonds. The van der Waals surface area contributed by atoms with E-state index in [0.29, 0.717) is 49.2 Å². The van der Waals surface area contributed by atoms with E-state index in [1.165, 1.54) is 22.8 Å². The van der Waals surface area contributed by atoms with Gasteiger partial charge in [-0.15, -0.1) is 0 Å². The molecule has 0 fully saturated rings. The van der Waals surface area contributed by atoms with Gasteiger partial charge in [-0.1, -0.05) is 41.7 Å². The van der Waals surface area contributed by atoms with Crippen molar-refractivity contribution >= 4 is 29.2 Å². The van der Waals surface area contributed by atoms with Crippen molar-refractivity contribution in [3.63, 3.8) is 0 Å². The fourth-order valence-corrected chi connectivity index (χ4v) is 5.80. The van der Waals surface area contributed by atoms with Gasteiger partial charge >= 0.3 is 5.97 Å². The Kier molecular flexibility index (Phi) is 6.47. The van der Waals surface area contributed by atoms with E-state index in [1.54, 1.807) is 50.3 Å². The van der Waals surface area contributed by atoms with Crippen LogP contribution in [0.1, 0.15) is 48.5 Å². The van der Waals surface area contributed by atoms with Crippen molar-refractivity contribution in [3.05, 3.63) is 102 Å². The van der Waals surface area contributed by atoms with Crippen molar-refractivity contribution in [1.29, 1.82) is 0 Å². The third kappa shape index (κ3) is 4.46. The SMILES string of the molecule is CCOC(=O)C1=C(C)N=c2s/c(=C\c3ccc(-c4ccc(C(C)=O)cc4)o3)c(=O)n2[C@@H]1c1ccc2c(c1)OCO2. The number of carbonyl (C=O) groups is 2. The summed E-state index contributed by atoms with van der Waals surface area (Å²) in [6.45, 7) is 5.27. The third-order valence-corrected chi connectivity index (χ3v) is 7.69. The Bertz CT molecular complexity index is 1880. The van der Waals surface area contributed by atoms with Crippen LogP contribution in [0.15, 0.2) is 80.1 Å². The van der Waals surface area contributed by atoms with Crippen molar-refractivity contribution in [2.24, 2.45) is 4.99 Å². The summed E-state index contributed by atoms with van der Waals surface area (Å²) in [7, 11) is 0. The smallest absolute Gasteiger partial charge is 0.338 e. The van der Waals surface area contributed by atoms with Crippen LogP contribution in [0, 0.1) is 0 Å². The number of rotatable bonds is 6. The number of carbonyl (C=O) groups excluding carboxylic acids is 2. The third-order valence-electron chi connectivity index (χ3n) is 6.71. The average Bonchev–Trinajstić information content (AvgIpc) is 3.67. The van der Waals surface area contributed by atoms with E-state index in [4.69, 9.17) is 18.6 Å². The number of ketones is 1. The van der Waals surface area contributed by atoms with Crippen LogP contribution in [0.3, 0.4) is 0 Å². The number of esters is 1. The molecule has 0 N–H and O–H groups in total. The highest BCUT2D eigenvalue weighted by atomic mass is 32.1. The zero-order valence-electron chi connectivity index (χ0n) is 21.9. The van der Waals surface area contributed by atoms with Gasteiger partial charge in [0.15, 0.2) is 22.1 Å². The quantitative estimate of drug-likeness (QED) is 0.261. The number of allylic oxidation sites excluding steroid dienone is 1. The summed E-state index contributed by atoms with van der Waals surface area (Å²) >= 11 is 1.21. The first kappa shape index (κ1) is 25.6. The molecule has 2 aliphatic rings. The molecule has 9 nitrogen and oxygen atoms in total. The molecule has 6 rings (SSSR count). The summed E-state index contributed by atoms with van der Waals surface area (Å²) in [6, 6.07) is 15.3. The van der Waals surface area contributed by atoms with E-state index < -0.39 is 12.0 Å². The summed E-state index contributed by atoms with van der Waals surface area (Å²) in [4.78, 5) is 43.6. The maximum atomic E-state index is 13.8. The molecule has 4 aromatic rings. The number of thiazole rings is 1. The standard InChI is InChI=1S/C30H24N2O7S/c1-4-36-29(35)26-16(2)31-30-32(27(26)20-9-11-23-24(13-20)38-15-37-23)28(34)25(40-30)14-21-10-12-22(39-21)19-7-5-18(6-8-19)17(3)33/h5-14,27H,4,15H2,1-3H3/b25-14-/t27-/m1/s1. The number of fused-ring (bicyclic) bond motifs is 2. The lowest BCUT2D eigenvalue weighted by atomic mass is 9.95. The summed E-state index contributed by atoms with van der Waals surface area (Å²) in [6.07, 6.45) is 1.66. The fourth-order valence-electron chi connectivity index (χ4n) is 4.77. The molecular weight excluding hydrogens is 532 g/mol. The van der Waals surface area contributed by atoms with Gasteiger partial charge in [0, 0.05) is 17.2 Å². The average molecular weight is 557 g/mol. The molecule has 0 saturated heterocycles. The highest BCUT2D eigenvalue weighted by Gasteiger charge is 2.34. The van der Waals surface area contributed by atoms with Gasteiger partial charge in [0.05, 0.1) is 28.5 Å². The van der Waals surface area contributed by atoms with E-state index in [1.807, 2.05) is 24.3 Å². The van der Waals surface area contributed by atoms with Gasteiger partial charge in [0.1, 0.15) is 11.5 Å². The highest BCUT2D eigenvalue weighted by molar-refractivity contribution is 7.07. The largest absolute Gasteiger partial charge is 0.463 e. The predicted molar refractivity (Wildman–Crippen MR) is 147 cm³/mol. The molecule has 0 bridgehead atoms. The van der Waals surface area contributed by atoms with Crippen LogP contribution < -0.4 is 24.4 Å². The number of Topliss-reactive ketones (excluding diaryl/α,β-unsaturated/α-hetero) is 1. The van der Waals surface area contributed by atoms with Crippen molar-refractivity contribution in [3.8, 4) is 22.8 Å². The first-order valence-electron chi connectivity index (χ1n) is 12.6. The summed E-state index contributed by atoms with van der Waals surface area (Å²) in [5.74, 6) is 1.68. The Balaban J connectivity index is 1.44. The summed E-state index contributed by atoms with van der Waals surface area (Å²) in [5.41, 5.74) is 2.54. The van der Waals surface area contributed by atoms with E-state index in [2.05, 4.69) is 4.99 Å². The molecule has 0 aliphatic carbocycles. The lowest BCUT2D eigenvalue weighted by Crippen LogP contribution is -2.39. The zero-order chi connectivity index (χ0) is 28.0. The molecule has 0 spiro atoms. The molecule has 2 aromatic carbocycles. The van der Waals surface area contributed by atoms with Crippen LogP contribution in [-0.4, -0.2) is 29.7 Å². The van der Waals surface area contributed by atoms with Crippen LogP contribution in [-0.2, 0) is 9.53 Å². The number of hydrogen-bond donors (Lipinski definition) is 0. The number of ether oxygens (including phenoxy) is 3. The van der Waals surface area contributed by atoms with Crippen molar-refractivity contribution in [2.45, 2.75) is 26.8 Å².